The molecule has 1 saturated carbocycles. The number of thioether (sulfide) groups is 1. The third kappa shape index (κ3) is 12.1. The fourth-order valence-corrected chi connectivity index (χ4v) is 6.29. The largest absolute Gasteiger partial charge is 0.461 e. The lowest BCUT2D eigenvalue weighted by atomic mass is 10.0. The number of hydrogen-bond donors (Lipinski definition) is 2. The highest BCUT2D eigenvalue weighted by Gasteiger charge is 2.30. The number of anilines is 2. The van der Waals surface area contributed by atoms with E-state index in [-0.39, 0.29) is 25.1 Å². The average molecular weight is 701 g/mol. The van der Waals surface area contributed by atoms with E-state index < -0.39 is 34.4 Å². The second-order valence-electron chi connectivity index (χ2n) is 12.5. The lowest BCUT2D eigenvalue weighted by Crippen LogP contribution is -2.30. The van der Waals surface area contributed by atoms with Gasteiger partial charge in [0.25, 0.3) is 0 Å². The molecule has 10 nitrogen and oxygen atoms in total. The predicted octanol–water partition coefficient (Wildman–Crippen LogP) is 6.43. The monoisotopic (exact) mass is 700 g/mol. The maximum Gasteiger partial charge on any atom is 0.330 e. The molecule has 0 saturated heterocycles. The summed E-state index contributed by atoms with van der Waals surface area (Å²) >= 11 is 1.29. The van der Waals surface area contributed by atoms with Gasteiger partial charge in [0.15, 0.2) is 0 Å². The van der Waals surface area contributed by atoms with E-state index >= 15 is 0 Å². The second kappa shape index (κ2) is 17.6. The SMILES string of the molecule is CC(=O)OC1(C)C=CC=C(/C=C/C(=O)OCC(COC(=O)/C=C/C2=CC=CC(C)(OC(=O)C3CCCC3)C=C2)Sc2ccc(N)cc2N)C=C1. The Balaban J connectivity index is 1.33. The van der Waals surface area contributed by atoms with Gasteiger partial charge in [-0.1, -0.05) is 49.3 Å². The summed E-state index contributed by atoms with van der Waals surface area (Å²) in [4.78, 5) is 50.1. The molecule has 4 N–H and O–H groups in total. The third-order valence-corrected chi connectivity index (χ3v) is 9.22. The standard InChI is InChI=1S/C39H44N2O8S/c1-27(42)48-38(2)20-6-8-28(18-22-38)12-16-35(43)46-25-32(50-34-15-14-31(40)24-33(34)41)26-47-36(44)17-13-29-9-7-21-39(3,23-19-29)49-37(45)30-10-4-5-11-30/h6-9,12-24,30,32H,4-5,10-11,25-26,40-41H2,1-3H3/b16-12+,17-13+. The van der Waals surface area contributed by atoms with Gasteiger partial charge < -0.3 is 30.4 Å². The van der Waals surface area contributed by atoms with Crippen LogP contribution in [0, 0.1) is 5.92 Å². The van der Waals surface area contributed by atoms with Crippen LogP contribution in [0.1, 0.15) is 46.5 Å². The Labute approximate surface area is 297 Å². The zero-order valence-corrected chi connectivity index (χ0v) is 29.4. The summed E-state index contributed by atoms with van der Waals surface area (Å²) in [5, 5.41) is -0.491. The molecular formula is C39H44N2O8S. The number of esters is 4. The number of carbonyl (C=O) groups is 4. The highest BCUT2D eigenvalue weighted by atomic mass is 32.2. The fraction of sp³-hybridized carbons (Fsp3) is 0.333. The number of carbonyl (C=O) groups excluding carboxylic acids is 4. The molecule has 50 heavy (non-hydrogen) atoms. The molecule has 3 unspecified atom stereocenters. The van der Waals surface area contributed by atoms with Gasteiger partial charge in [-0.2, -0.15) is 0 Å². The van der Waals surface area contributed by atoms with Crippen LogP contribution in [0.4, 0.5) is 11.4 Å². The molecule has 11 heteroatoms. The van der Waals surface area contributed by atoms with Gasteiger partial charge in [0, 0.05) is 35.3 Å². The molecule has 1 fully saturated rings. The van der Waals surface area contributed by atoms with Crippen molar-refractivity contribution in [1.29, 1.82) is 0 Å². The Bertz CT molecular complexity index is 1690. The summed E-state index contributed by atoms with van der Waals surface area (Å²) in [7, 11) is 0. The lowest BCUT2D eigenvalue weighted by Gasteiger charge is -2.24. The first-order valence-electron chi connectivity index (χ1n) is 16.4. The summed E-state index contributed by atoms with van der Waals surface area (Å²) in [6.07, 6.45) is 27.3. The van der Waals surface area contributed by atoms with Crippen molar-refractivity contribution in [2.45, 2.75) is 67.8 Å². The van der Waals surface area contributed by atoms with E-state index in [0.717, 1.165) is 25.7 Å². The van der Waals surface area contributed by atoms with Crippen molar-refractivity contribution in [3.05, 3.63) is 114 Å². The topological polar surface area (TPSA) is 157 Å². The number of benzene rings is 1. The van der Waals surface area contributed by atoms with Gasteiger partial charge in [0.2, 0.25) is 0 Å². The maximum atomic E-state index is 12.7. The second-order valence-corrected chi connectivity index (χ2v) is 13.9. The minimum Gasteiger partial charge on any atom is -0.461 e. The van der Waals surface area contributed by atoms with Crippen LogP contribution < -0.4 is 11.5 Å². The molecule has 4 rings (SSSR count). The summed E-state index contributed by atoms with van der Waals surface area (Å²) in [5.74, 6) is -1.84. The molecule has 0 heterocycles. The molecule has 0 spiro atoms. The summed E-state index contributed by atoms with van der Waals surface area (Å²) < 4.78 is 22.2. The van der Waals surface area contributed by atoms with Crippen LogP contribution in [0.2, 0.25) is 0 Å². The van der Waals surface area contributed by atoms with Crippen molar-refractivity contribution in [1.82, 2.24) is 0 Å². The molecule has 0 amide bonds. The first-order valence-corrected chi connectivity index (χ1v) is 17.3. The van der Waals surface area contributed by atoms with E-state index in [1.807, 2.05) is 6.92 Å². The quantitative estimate of drug-likeness (QED) is 0.0768. The van der Waals surface area contributed by atoms with Crippen LogP contribution in [-0.2, 0) is 38.1 Å². The van der Waals surface area contributed by atoms with Gasteiger partial charge in [-0.25, -0.2) is 9.59 Å². The summed E-state index contributed by atoms with van der Waals surface area (Å²) in [6, 6.07) is 5.09. The average Bonchev–Trinajstić information content (AvgIpc) is 3.46. The van der Waals surface area contributed by atoms with E-state index in [1.165, 1.54) is 30.8 Å². The van der Waals surface area contributed by atoms with Gasteiger partial charge in [0.05, 0.1) is 11.2 Å². The summed E-state index contributed by atoms with van der Waals surface area (Å²) in [6.45, 7) is 4.76. The molecular weight excluding hydrogens is 657 g/mol. The molecule has 1 aromatic rings. The molecule has 1 aromatic carbocycles. The number of ether oxygens (including phenoxy) is 4. The number of nitrogens with two attached hydrogens (primary N) is 2. The highest BCUT2D eigenvalue weighted by molar-refractivity contribution is 8.00. The zero-order chi connectivity index (χ0) is 36.1. The lowest BCUT2D eigenvalue weighted by molar-refractivity contribution is -0.155. The molecule has 3 atom stereocenters. The van der Waals surface area contributed by atoms with E-state index in [4.69, 9.17) is 30.4 Å². The van der Waals surface area contributed by atoms with Gasteiger partial charge in [-0.05, 0) is 92.5 Å². The van der Waals surface area contributed by atoms with Crippen LogP contribution >= 0.6 is 11.8 Å². The van der Waals surface area contributed by atoms with Crippen LogP contribution in [0.5, 0.6) is 0 Å². The van der Waals surface area contributed by atoms with Crippen molar-refractivity contribution >= 4 is 47.0 Å². The van der Waals surface area contributed by atoms with Gasteiger partial charge in [0.1, 0.15) is 24.4 Å². The first-order chi connectivity index (χ1) is 23.8. The van der Waals surface area contributed by atoms with Crippen LogP contribution in [0.3, 0.4) is 0 Å². The van der Waals surface area contributed by atoms with Crippen LogP contribution in [0.15, 0.2) is 119 Å². The van der Waals surface area contributed by atoms with Crippen LogP contribution in [0.25, 0.3) is 0 Å². The Morgan fingerprint density at radius 3 is 1.90 bits per heavy atom. The fourth-order valence-electron chi connectivity index (χ4n) is 5.32. The number of nitrogen functional groups attached to an aromatic ring is 2. The van der Waals surface area contributed by atoms with E-state index in [9.17, 15) is 19.2 Å². The normalized spacial score (nSPS) is 22.5. The zero-order valence-electron chi connectivity index (χ0n) is 28.5. The van der Waals surface area contributed by atoms with Crippen molar-refractivity contribution in [3.8, 4) is 0 Å². The maximum absolute atomic E-state index is 12.7. The third-order valence-electron chi connectivity index (χ3n) is 7.99. The van der Waals surface area contributed by atoms with E-state index in [1.54, 1.807) is 98.0 Å². The molecule has 0 radical (unpaired) electrons. The van der Waals surface area contributed by atoms with Crippen molar-refractivity contribution in [3.63, 3.8) is 0 Å². The first kappa shape index (κ1) is 37.8. The smallest absolute Gasteiger partial charge is 0.330 e. The Morgan fingerprint density at radius 2 is 1.38 bits per heavy atom. The van der Waals surface area contributed by atoms with Crippen molar-refractivity contribution in [2.24, 2.45) is 5.92 Å². The predicted molar refractivity (Wildman–Crippen MR) is 194 cm³/mol. The van der Waals surface area contributed by atoms with Gasteiger partial charge >= 0.3 is 23.9 Å². The highest BCUT2D eigenvalue weighted by Crippen LogP contribution is 2.31. The van der Waals surface area contributed by atoms with Gasteiger partial charge in [-0.15, -0.1) is 11.8 Å². The van der Waals surface area contributed by atoms with Crippen molar-refractivity contribution < 1.29 is 38.1 Å². The summed E-state index contributed by atoms with van der Waals surface area (Å²) in [5.41, 5.74) is 12.6. The Morgan fingerprint density at radius 1 is 0.840 bits per heavy atom. The van der Waals surface area contributed by atoms with Crippen LogP contribution in [-0.4, -0.2) is 53.5 Å². The Hall–Kier alpha value is -5.03. The molecule has 0 bridgehead atoms. The van der Waals surface area contributed by atoms with Crippen molar-refractivity contribution in [2.75, 3.05) is 24.7 Å². The minimum absolute atomic E-state index is 0.0514. The number of rotatable bonds is 13. The molecule has 264 valence electrons. The molecule has 3 aliphatic rings. The van der Waals surface area contributed by atoms with Gasteiger partial charge in [-0.3, -0.25) is 9.59 Å². The van der Waals surface area contributed by atoms with E-state index in [2.05, 4.69) is 0 Å². The molecule has 0 aromatic heterocycles. The molecule has 0 aliphatic heterocycles. The number of hydrogen-bond acceptors (Lipinski definition) is 11. The Kier molecular flexibility index (Phi) is 13.3. The number of allylic oxidation sites excluding steroid dienone is 10. The molecule has 3 aliphatic carbocycles. The minimum atomic E-state index is -0.897. The van der Waals surface area contributed by atoms with E-state index in [0.29, 0.717) is 27.4 Å².